The van der Waals surface area contributed by atoms with Gasteiger partial charge in [0.05, 0.1) is 33.0 Å². The van der Waals surface area contributed by atoms with E-state index in [2.05, 4.69) is 15.6 Å². The van der Waals surface area contributed by atoms with Gasteiger partial charge in [0.15, 0.2) is 0 Å². The van der Waals surface area contributed by atoms with Crippen LogP contribution in [0.1, 0.15) is 72.6 Å². The third kappa shape index (κ3) is 9.31. The molecule has 21 heteroatoms. The van der Waals surface area contributed by atoms with E-state index in [4.69, 9.17) is 23.7 Å². The summed E-state index contributed by atoms with van der Waals surface area (Å²) in [7, 11) is -1.61. The zero-order chi connectivity index (χ0) is 44.7. The van der Waals surface area contributed by atoms with Gasteiger partial charge in [-0.3, -0.25) is 19.1 Å². The highest BCUT2D eigenvalue weighted by Gasteiger charge is 2.64. The number of nitrogens with one attached hydrogen (secondary N) is 3. The predicted molar refractivity (Wildman–Crippen MR) is 210 cm³/mol. The van der Waals surface area contributed by atoms with E-state index in [9.17, 15) is 45.2 Å². The lowest BCUT2D eigenvalue weighted by Crippen LogP contribution is -2.61. The van der Waals surface area contributed by atoms with Crippen molar-refractivity contribution in [2.24, 2.45) is 5.92 Å². The topological polar surface area (TPSA) is 201 Å². The van der Waals surface area contributed by atoms with Crippen LogP contribution < -0.4 is 29.6 Å². The number of halogens is 4. The molecule has 1 aromatic heterocycles. The van der Waals surface area contributed by atoms with Gasteiger partial charge in [0.1, 0.15) is 40.9 Å². The zero-order valence-electron chi connectivity index (χ0n) is 34.6. The lowest BCUT2D eigenvalue weighted by Gasteiger charge is -2.35. The molecule has 16 nitrogen and oxygen atoms in total. The van der Waals surface area contributed by atoms with E-state index >= 15 is 0 Å². The molecule has 0 bridgehead atoms. The molecular formula is C40H51F4N5O11S. The Labute approximate surface area is 350 Å². The van der Waals surface area contributed by atoms with E-state index in [0.29, 0.717) is 43.2 Å². The number of pyridine rings is 1. The predicted octanol–water partition coefficient (Wildman–Crippen LogP) is 4.39. The minimum Gasteiger partial charge on any atom is -0.497 e. The summed E-state index contributed by atoms with van der Waals surface area (Å²) in [5, 5.41) is 6.10. The maximum Gasteiger partial charge on any atom is 0.427 e. The van der Waals surface area contributed by atoms with Gasteiger partial charge in [-0.25, -0.2) is 17.6 Å². The Morgan fingerprint density at radius 1 is 1.11 bits per heavy atom. The lowest BCUT2D eigenvalue weighted by atomic mass is 10.0. The third-order valence-corrected chi connectivity index (χ3v) is 13.9. The smallest absolute Gasteiger partial charge is 0.427 e. The number of rotatable bonds is 11. The average molecular weight is 886 g/mol. The van der Waals surface area contributed by atoms with Crippen LogP contribution in [-0.4, -0.2) is 122 Å². The monoisotopic (exact) mass is 885 g/mol. The van der Waals surface area contributed by atoms with Crippen LogP contribution in [0.25, 0.3) is 10.8 Å². The van der Waals surface area contributed by atoms with Crippen LogP contribution in [0.3, 0.4) is 0 Å². The van der Waals surface area contributed by atoms with Crippen LogP contribution in [0.15, 0.2) is 36.4 Å². The molecular weight excluding hydrogens is 835 g/mol. The number of hydrogen-bond acceptors (Lipinski definition) is 12. The normalized spacial score (nSPS) is 28.5. The van der Waals surface area contributed by atoms with Crippen molar-refractivity contribution in [3.05, 3.63) is 36.4 Å². The second-order valence-electron chi connectivity index (χ2n) is 16.5. The molecule has 0 radical (unpaired) electrons. The number of sulfonamides is 1. The van der Waals surface area contributed by atoms with Gasteiger partial charge < -0.3 is 39.2 Å². The summed E-state index contributed by atoms with van der Waals surface area (Å²) in [6.45, 7) is 3.09. The molecule has 61 heavy (non-hydrogen) atoms. The Bertz CT molecular complexity index is 2160. The standard InChI is InChI=1S/C40H51F4N5O11S/c1-7-29-31(46-36(53)60-37(3,4)40(42,43)44)34(51)49-20-26(59-33-27-13-12-25(56-5)16-23(27)17-30(45-33)57-6)18-28(49)32(50)47-39(19-24(39)11-9-8-10-22(2)58-29)35(52)48-61(54,55)38(21-41)14-15-38/h9,11-13,16-17,22,24,26,28-29,31H,7-8,10,14-15,18-21H2,1-6H3,(H,46,53)(H,47,50)(H,48,52)/b11-9-/t22-,24-,26-,28+,29+,31+,39-/m1/s1. The minimum atomic E-state index is -4.97. The molecule has 336 valence electrons. The molecule has 3 fully saturated rings. The van der Waals surface area contributed by atoms with Gasteiger partial charge >= 0.3 is 12.3 Å². The van der Waals surface area contributed by atoms with Crippen molar-refractivity contribution in [1.29, 1.82) is 0 Å². The van der Waals surface area contributed by atoms with Crippen LogP contribution in [0.4, 0.5) is 22.4 Å². The first-order chi connectivity index (χ1) is 28.6. The summed E-state index contributed by atoms with van der Waals surface area (Å²) < 4.78 is 110. The molecule has 2 aliphatic heterocycles. The van der Waals surface area contributed by atoms with Crippen molar-refractivity contribution < 1.29 is 68.8 Å². The Morgan fingerprint density at radius 3 is 2.46 bits per heavy atom. The Balaban J connectivity index is 1.39. The number of nitrogens with zero attached hydrogens (tertiary/aromatic N) is 2. The minimum absolute atomic E-state index is 0.00969. The summed E-state index contributed by atoms with van der Waals surface area (Å²) in [6.07, 6.45) is -5.33. The number of aromatic nitrogens is 1. The number of allylic oxidation sites excluding steroid dienone is 1. The highest BCUT2D eigenvalue weighted by molar-refractivity contribution is 7.91. The van der Waals surface area contributed by atoms with Crippen LogP contribution in [0.2, 0.25) is 0 Å². The fourth-order valence-electron chi connectivity index (χ4n) is 7.56. The van der Waals surface area contributed by atoms with Crippen molar-refractivity contribution in [2.45, 2.75) is 125 Å². The van der Waals surface area contributed by atoms with E-state index in [0.717, 1.165) is 4.90 Å². The first-order valence-electron chi connectivity index (χ1n) is 20.0. The number of amides is 4. The number of hydrogen-bond donors (Lipinski definition) is 3. The molecule has 2 aromatic rings. The van der Waals surface area contributed by atoms with Crippen LogP contribution in [0.5, 0.6) is 17.5 Å². The van der Waals surface area contributed by atoms with Gasteiger partial charge in [-0.05, 0) is 82.9 Å². The Hall–Kier alpha value is -4.92. The lowest BCUT2D eigenvalue weighted by molar-refractivity contribution is -0.244. The number of carbonyl (C=O) groups is 4. The van der Waals surface area contributed by atoms with Gasteiger partial charge in [0, 0.05) is 23.8 Å². The molecule has 3 heterocycles. The second kappa shape index (κ2) is 17.1. The van der Waals surface area contributed by atoms with E-state index < -0.39 is 98.9 Å². The SMILES string of the molecule is CC[C@@H]1O[C@H](C)CC/C=C\[C@@H]2C[C@@]2(C(=O)NS(=O)(=O)C2(CF)CC2)NC(=O)[C@@H]2C[C@@H](Oc3nc(OC)cc4cc(OC)ccc34)CN2C(=O)[C@H]1NC(=O)OC(C)(C)C(F)(F)F. The van der Waals surface area contributed by atoms with Crippen molar-refractivity contribution in [1.82, 2.24) is 25.2 Å². The third-order valence-electron chi connectivity index (χ3n) is 11.8. The fourth-order valence-corrected chi connectivity index (χ4v) is 8.99. The van der Waals surface area contributed by atoms with Gasteiger partial charge in [-0.2, -0.15) is 18.2 Å². The largest absolute Gasteiger partial charge is 0.497 e. The van der Waals surface area contributed by atoms with Gasteiger partial charge in [0.2, 0.25) is 39.2 Å². The van der Waals surface area contributed by atoms with E-state index in [1.807, 2.05) is 4.72 Å². The average Bonchev–Trinajstić information content (AvgIpc) is 4.11. The van der Waals surface area contributed by atoms with Crippen molar-refractivity contribution in [3.8, 4) is 17.5 Å². The number of benzene rings is 1. The quantitative estimate of drug-likeness (QED) is 0.213. The summed E-state index contributed by atoms with van der Waals surface area (Å²) in [4.78, 5) is 62.1. The molecule has 0 spiro atoms. The number of carbonyl (C=O) groups excluding carboxylic acids is 4. The molecule has 6 rings (SSSR count). The maximum absolute atomic E-state index is 14.9. The Morgan fingerprint density at radius 2 is 1.84 bits per heavy atom. The van der Waals surface area contributed by atoms with Crippen molar-refractivity contribution in [3.63, 3.8) is 0 Å². The van der Waals surface area contributed by atoms with Crippen molar-refractivity contribution >= 4 is 44.6 Å². The van der Waals surface area contributed by atoms with Gasteiger partial charge in [-0.15, -0.1) is 0 Å². The molecule has 3 N–H and O–H groups in total. The number of methoxy groups -OCH3 is 2. The molecule has 4 amide bonds. The number of alkyl carbamates (subject to hydrolysis) is 1. The maximum atomic E-state index is 14.9. The molecule has 4 aliphatic rings. The summed E-state index contributed by atoms with van der Waals surface area (Å²) in [5.74, 6) is -2.88. The van der Waals surface area contributed by atoms with Crippen LogP contribution in [-0.2, 0) is 33.9 Å². The highest BCUT2D eigenvalue weighted by atomic mass is 32.2. The number of fused-ring (bicyclic) bond motifs is 3. The molecule has 0 unspecified atom stereocenters. The molecule has 1 aromatic carbocycles. The van der Waals surface area contributed by atoms with Crippen LogP contribution >= 0.6 is 0 Å². The zero-order valence-corrected chi connectivity index (χ0v) is 35.4. The van der Waals surface area contributed by atoms with Crippen molar-refractivity contribution in [2.75, 3.05) is 27.4 Å². The first-order valence-corrected chi connectivity index (χ1v) is 21.4. The van der Waals surface area contributed by atoms with E-state index in [1.54, 1.807) is 50.3 Å². The molecule has 1 saturated heterocycles. The summed E-state index contributed by atoms with van der Waals surface area (Å²) in [5.41, 5.74) is -4.77. The molecule has 2 aliphatic carbocycles. The number of alkyl halides is 4. The molecule has 7 atom stereocenters. The first kappa shape index (κ1) is 45.6. The highest BCUT2D eigenvalue weighted by Crippen LogP contribution is 2.48. The second-order valence-corrected chi connectivity index (χ2v) is 18.6. The summed E-state index contributed by atoms with van der Waals surface area (Å²) >= 11 is 0. The van der Waals surface area contributed by atoms with Crippen LogP contribution in [0, 0.1) is 5.92 Å². The number of ether oxygens (including phenoxy) is 5. The van der Waals surface area contributed by atoms with Gasteiger partial charge in [-0.1, -0.05) is 19.1 Å². The summed E-state index contributed by atoms with van der Waals surface area (Å²) in [6, 6.07) is 3.55. The fraction of sp³-hybridized carbons (Fsp3) is 0.625. The van der Waals surface area contributed by atoms with Gasteiger partial charge in [0.25, 0.3) is 5.91 Å². The Kier molecular flexibility index (Phi) is 12.8. The molecule has 2 saturated carbocycles. The van der Waals surface area contributed by atoms with E-state index in [1.165, 1.54) is 14.2 Å². The van der Waals surface area contributed by atoms with E-state index in [-0.39, 0.29) is 50.4 Å².